The third-order valence-corrected chi connectivity index (χ3v) is 5.87. The third-order valence-electron chi connectivity index (χ3n) is 5.87. The molecule has 7 heteroatoms. The Kier molecular flexibility index (Phi) is 6.16. The molecule has 0 fully saturated rings. The summed E-state index contributed by atoms with van der Waals surface area (Å²) < 4.78 is 10.9. The van der Waals surface area contributed by atoms with Crippen LogP contribution in [0.15, 0.2) is 72.5 Å². The van der Waals surface area contributed by atoms with Gasteiger partial charge >= 0.3 is 6.03 Å². The van der Waals surface area contributed by atoms with Gasteiger partial charge in [0.05, 0.1) is 38.1 Å². The van der Waals surface area contributed by atoms with E-state index >= 15 is 0 Å². The van der Waals surface area contributed by atoms with Crippen molar-refractivity contribution in [3.05, 3.63) is 83.6 Å². The van der Waals surface area contributed by atoms with Crippen LogP contribution in [0, 0.1) is 0 Å². The first-order valence-corrected chi connectivity index (χ1v) is 10.5. The lowest BCUT2D eigenvalue weighted by atomic mass is 9.94. The predicted molar refractivity (Wildman–Crippen MR) is 121 cm³/mol. The zero-order chi connectivity index (χ0) is 22.7. The molecule has 2 aromatic rings. The van der Waals surface area contributed by atoms with Crippen LogP contribution in [0.1, 0.15) is 17.2 Å². The zero-order valence-electron chi connectivity index (χ0n) is 18.3. The first kappa shape index (κ1) is 21.5. The van der Waals surface area contributed by atoms with Crippen molar-refractivity contribution in [1.82, 2.24) is 15.1 Å². The SMILES string of the molecule is C=CCN1C(=O)N[C@H](c2cc(OC)ccc2OC)C2=C1CN(CCc1ccccc1)C2=O. The summed E-state index contributed by atoms with van der Waals surface area (Å²) in [6.07, 6.45) is 2.40. The maximum atomic E-state index is 13.5. The molecule has 2 aliphatic heterocycles. The Labute approximate surface area is 187 Å². The molecule has 1 N–H and O–H groups in total. The van der Waals surface area contributed by atoms with Gasteiger partial charge in [-0.05, 0) is 30.2 Å². The van der Waals surface area contributed by atoms with Gasteiger partial charge in [0.1, 0.15) is 11.5 Å². The van der Waals surface area contributed by atoms with Crippen LogP contribution >= 0.6 is 0 Å². The second kappa shape index (κ2) is 9.18. The molecule has 1 atom stereocenters. The standard InChI is InChI=1S/C25H27N3O4/c1-4-13-28-20-16-27(14-12-17-8-6-5-7-9-17)24(29)22(20)23(26-25(28)30)19-15-18(31-2)10-11-21(19)32-3/h4-11,15,23H,1,12-14,16H2,2-3H3,(H,26,30)/t23-/m1/s1. The Balaban J connectivity index is 1.70. The number of rotatable bonds is 8. The highest BCUT2D eigenvalue weighted by molar-refractivity contribution is 6.01. The summed E-state index contributed by atoms with van der Waals surface area (Å²) in [4.78, 5) is 29.9. The quantitative estimate of drug-likeness (QED) is 0.649. The first-order valence-electron chi connectivity index (χ1n) is 10.5. The van der Waals surface area contributed by atoms with E-state index in [1.165, 1.54) is 0 Å². The lowest BCUT2D eigenvalue weighted by Crippen LogP contribution is -2.47. The van der Waals surface area contributed by atoms with Crippen LogP contribution in [0.25, 0.3) is 0 Å². The molecule has 3 amide bonds. The molecule has 0 aromatic heterocycles. The first-order chi connectivity index (χ1) is 15.6. The second-order valence-electron chi connectivity index (χ2n) is 7.71. The molecule has 166 valence electrons. The summed E-state index contributed by atoms with van der Waals surface area (Å²) >= 11 is 0. The molecule has 0 saturated heterocycles. The van der Waals surface area contributed by atoms with Crippen molar-refractivity contribution >= 4 is 11.9 Å². The number of nitrogens with zero attached hydrogens (tertiary/aromatic N) is 2. The van der Waals surface area contributed by atoms with Gasteiger partial charge in [-0.2, -0.15) is 0 Å². The van der Waals surface area contributed by atoms with Gasteiger partial charge in [-0.3, -0.25) is 9.69 Å². The van der Waals surface area contributed by atoms with Crippen molar-refractivity contribution < 1.29 is 19.1 Å². The lowest BCUT2D eigenvalue weighted by molar-refractivity contribution is -0.125. The van der Waals surface area contributed by atoms with Crippen molar-refractivity contribution in [2.75, 3.05) is 33.9 Å². The highest BCUT2D eigenvalue weighted by Gasteiger charge is 2.44. The molecule has 7 nitrogen and oxygen atoms in total. The largest absolute Gasteiger partial charge is 0.497 e. The summed E-state index contributed by atoms with van der Waals surface area (Å²) in [5.74, 6) is 1.12. The summed E-state index contributed by atoms with van der Waals surface area (Å²) in [7, 11) is 3.14. The van der Waals surface area contributed by atoms with E-state index < -0.39 is 6.04 Å². The maximum Gasteiger partial charge on any atom is 0.322 e. The van der Waals surface area contributed by atoms with Crippen LogP contribution < -0.4 is 14.8 Å². The van der Waals surface area contributed by atoms with Gasteiger partial charge < -0.3 is 19.7 Å². The molecule has 0 radical (unpaired) electrons. The fourth-order valence-corrected chi connectivity index (χ4v) is 4.26. The van der Waals surface area contributed by atoms with Crippen molar-refractivity contribution in [2.45, 2.75) is 12.5 Å². The molecule has 2 heterocycles. The van der Waals surface area contributed by atoms with Crippen molar-refractivity contribution in [2.24, 2.45) is 0 Å². The van der Waals surface area contributed by atoms with Gasteiger partial charge in [0.25, 0.3) is 5.91 Å². The molecule has 4 rings (SSSR count). The summed E-state index contributed by atoms with van der Waals surface area (Å²) in [6, 6.07) is 14.5. The molecule has 32 heavy (non-hydrogen) atoms. The van der Waals surface area contributed by atoms with Gasteiger partial charge in [0.15, 0.2) is 0 Å². The number of urea groups is 1. The van der Waals surface area contributed by atoms with Crippen LogP contribution in [0.4, 0.5) is 4.79 Å². The van der Waals surface area contributed by atoms with Gasteiger partial charge in [-0.15, -0.1) is 6.58 Å². The monoisotopic (exact) mass is 433 g/mol. The molecule has 0 aliphatic carbocycles. The fraction of sp³-hybridized carbons (Fsp3) is 0.280. The number of ether oxygens (including phenoxy) is 2. The number of hydrogen-bond donors (Lipinski definition) is 1. The summed E-state index contributed by atoms with van der Waals surface area (Å²) in [5.41, 5.74) is 3.12. The number of carbonyl (C=O) groups is 2. The van der Waals surface area contributed by atoms with E-state index in [1.807, 2.05) is 30.3 Å². The second-order valence-corrected chi connectivity index (χ2v) is 7.71. The van der Waals surface area contributed by atoms with E-state index in [-0.39, 0.29) is 11.9 Å². The van der Waals surface area contributed by atoms with Crippen molar-refractivity contribution in [3.63, 3.8) is 0 Å². The number of benzene rings is 2. The van der Waals surface area contributed by atoms with Crippen molar-refractivity contribution in [1.29, 1.82) is 0 Å². The average Bonchev–Trinajstić information content (AvgIpc) is 3.15. The number of carbonyl (C=O) groups excluding carboxylic acids is 2. The van der Waals surface area contributed by atoms with E-state index in [0.717, 1.165) is 12.0 Å². The van der Waals surface area contributed by atoms with Crippen LogP contribution in [0.3, 0.4) is 0 Å². The minimum absolute atomic E-state index is 0.0835. The smallest absolute Gasteiger partial charge is 0.322 e. The van der Waals surface area contributed by atoms with Crippen LogP contribution in [-0.2, 0) is 11.2 Å². The average molecular weight is 434 g/mol. The maximum absolute atomic E-state index is 13.5. The normalized spacial score (nSPS) is 17.9. The van der Waals surface area contributed by atoms with Gasteiger partial charge in [-0.1, -0.05) is 36.4 Å². The Morgan fingerprint density at radius 3 is 2.59 bits per heavy atom. The third kappa shape index (κ3) is 3.93. The molecule has 2 aliphatic rings. The Morgan fingerprint density at radius 2 is 1.91 bits per heavy atom. The number of hydrogen-bond acceptors (Lipinski definition) is 4. The van der Waals surface area contributed by atoms with Crippen LogP contribution in [-0.4, -0.2) is 55.6 Å². The molecular formula is C25H27N3O4. The van der Waals surface area contributed by atoms with E-state index in [0.29, 0.717) is 48.0 Å². The topological polar surface area (TPSA) is 71.1 Å². The molecule has 0 unspecified atom stereocenters. The number of amides is 3. The molecular weight excluding hydrogens is 406 g/mol. The van der Waals surface area contributed by atoms with Gasteiger partial charge in [0.2, 0.25) is 0 Å². The van der Waals surface area contributed by atoms with Gasteiger partial charge in [-0.25, -0.2) is 4.79 Å². The lowest BCUT2D eigenvalue weighted by Gasteiger charge is -2.33. The van der Waals surface area contributed by atoms with Crippen LogP contribution in [0.2, 0.25) is 0 Å². The minimum atomic E-state index is -0.627. The highest BCUT2D eigenvalue weighted by atomic mass is 16.5. The van der Waals surface area contributed by atoms with E-state index in [1.54, 1.807) is 48.3 Å². The molecule has 0 bridgehead atoms. The predicted octanol–water partition coefficient (Wildman–Crippen LogP) is 3.30. The van der Waals surface area contributed by atoms with E-state index in [4.69, 9.17) is 9.47 Å². The van der Waals surface area contributed by atoms with Crippen molar-refractivity contribution in [3.8, 4) is 11.5 Å². The van der Waals surface area contributed by atoms with Crippen LogP contribution in [0.5, 0.6) is 11.5 Å². The molecule has 0 saturated carbocycles. The van der Waals surface area contributed by atoms with Gasteiger partial charge in [0, 0.05) is 18.7 Å². The summed E-state index contributed by atoms with van der Waals surface area (Å²) in [6.45, 7) is 5.03. The highest BCUT2D eigenvalue weighted by Crippen LogP contribution is 2.40. The Hall–Kier alpha value is -3.74. The Morgan fingerprint density at radius 1 is 1.12 bits per heavy atom. The number of nitrogens with one attached hydrogen (secondary N) is 1. The number of methoxy groups -OCH3 is 2. The van der Waals surface area contributed by atoms with E-state index in [2.05, 4.69) is 11.9 Å². The Bertz CT molecular complexity index is 1060. The molecule has 2 aromatic carbocycles. The summed E-state index contributed by atoms with van der Waals surface area (Å²) in [5, 5.41) is 2.99. The minimum Gasteiger partial charge on any atom is -0.497 e. The fourth-order valence-electron chi connectivity index (χ4n) is 4.26. The van der Waals surface area contributed by atoms with E-state index in [9.17, 15) is 9.59 Å². The molecule has 0 spiro atoms. The zero-order valence-corrected chi connectivity index (χ0v) is 18.3.